The van der Waals surface area contributed by atoms with Crippen LogP contribution in [-0.2, 0) is 14.3 Å². The minimum atomic E-state index is -1.64. The van der Waals surface area contributed by atoms with Crippen LogP contribution in [0.4, 0.5) is 0 Å². The van der Waals surface area contributed by atoms with Crippen LogP contribution in [0, 0.1) is 17.3 Å². The zero-order chi connectivity index (χ0) is 18.0. The number of rotatable bonds is 7. The van der Waals surface area contributed by atoms with E-state index in [2.05, 4.69) is 19.6 Å². The molecule has 132 valence electrons. The molecule has 1 aliphatic carbocycles. The van der Waals surface area contributed by atoms with E-state index < -0.39 is 13.5 Å². The van der Waals surface area contributed by atoms with Crippen LogP contribution in [0.1, 0.15) is 40.5 Å². The van der Waals surface area contributed by atoms with E-state index in [9.17, 15) is 14.7 Å². The van der Waals surface area contributed by atoms with Crippen LogP contribution < -0.4 is 0 Å². The van der Waals surface area contributed by atoms with Crippen LogP contribution in [0.15, 0.2) is 10.8 Å². The van der Waals surface area contributed by atoms with Gasteiger partial charge in [-0.05, 0) is 18.4 Å². The molecule has 4 nitrogen and oxygen atoms in total. The number of esters is 1. The van der Waals surface area contributed by atoms with Gasteiger partial charge < -0.3 is 9.84 Å². The summed E-state index contributed by atoms with van der Waals surface area (Å²) in [7, 11) is -1.64. The third kappa shape index (κ3) is 5.28. The van der Waals surface area contributed by atoms with E-state index in [4.69, 9.17) is 4.74 Å². The molecule has 0 heterocycles. The quantitative estimate of drug-likeness (QED) is 0.570. The molecule has 0 amide bonds. The number of allylic oxidation sites excluding steroid dienone is 2. The highest BCUT2D eigenvalue weighted by Crippen LogP contribution is 2.39. The third-order valence-corrected chi connectivity index (χ3v) is 6.68. The smallest absolute Gasteiger partial charge is 0.309 e. The average Bonchev–Trinajstić information content (AvgIpc) is 2.89. The number of carbonyl (C=O) groups excluding carboxylic acids is 2. The van der Waals surface area contributed by atoms with E-state index in [1.54, 1.807) is 0 Å². The van der Waals surface area contributed by atoms with Crippen LogP contribution in [0.2, 0.25) is 19.6 Å². The first kappa shape index (κ1) is 20.1. The van der Waals surface area contributed by atoms with Crippen LogP contribution in [0.25, 0.3) is 0 Å². The summed E-state index contributed by atoms with van der Waals surface area (Å²) >= 11 is 0. The van der Waals surface area contributed by atoms with Crippen molar-refractivity contribution in [1.29, 1.82) is 0 Å². The van der Waals surface area contributed by atoms with Gasteiger partial charge in [-0.2, -0.15) is 0 Å². The van der Waals surface area contributed by atoms with Gasteiger partial charge in [-0.25, -0.2) is 0 Å². The first-order chi connectivity index (χ1) is 10.4. The van der Waals surface area contributed by atoms with Gasteiger partial charge in [-0.3, -0.25) is 9.59 Å². The summed E-state index contributed by atoms with van der Waals surface area (Å²) in [5.41, 5.74) is 0.447. The maximum atomic E-state index is 12.5. The van der Waals surface area contributed by atoms with Crippen molar-refractivity contribution in [2.45, 2.75) is 60.2 Å². The van der Waals surface area contributed by atoms with E-state index >= 15 is 0 Å². The van der Waals surface area contributed by atoms with Gasteiger partial charge in [0.15, 0.2) is 5.78 Å². The number of hydrogen-bond acceptors (Lipinski definition) is 4. The van der Waals surface area contributed by atoms with Crippen molar-refractivity contribution < 1.29 is 19.4 Å². The van der Waals surface area contributed by atoms with Gasteiger partial charge in [-0.1, -0.05) is 52.5 Å². The lowest BCUT2D eigenvalue weighted by atomic mass is 9.96. The zero-order valence-corrected chi connectivity index (χ0v) is 16.7. The minimum absolute atomic E-state index is 0.0273. The highest BCUT2D eigenvalue weighted by molar-refractivity contribution is 6.83. The summed E-state index contributed by atoms with van der Waals surface area (Å²) < 4.78 is 5.41. The summed E-state index contributed by atoms with van der Waals surface area (Å²) in [5.74, 6) is -0.356. The highest BCUT2D eigenvalue weighted by Gasteiger charge is 2.39. The van der Waals surface area contributed by atoms with Gasteiger partial charge in [0.2, 0.25) is 0 Å². The van der Waals surface area contributed by atoms with Crippen molar-refractivity contribution in [3.8, 4) is 0 Å². The summed E-state index contributed by atoms with van der Waals surface area (Å²) in [6.07, 6.45) is 1.16. The van der Waals surface area contributed by atoms with E-state index in [0.717, 1.165) is 5.57 Å². The Morgan fingerprint density at radius 2 is 1.83 bits per heavy atom. The fourth-order valence-electron chi connectivity index (χ4n) is 2.76. The number of aliphatic hydroxyl groups is 1. The molecule has 1 aliphatic rings. The molecular formula is C18H32O4Si. The molecule has 0 radical (unpaired) electrons. The molecule has 0 fully saturated rings. The Bertz CT molecular complexity index is 498. The first-order valence-electron chi connectivity index (χ1n) is 8.43. The van der Waals surface area contributed by atoms with E-state index in [1.165, 1.54) is 5.20 Å². The molecule has 0 saturated heterocycles. The topological polar surface area (TPSA) is 63.6 Å². The second-order valence-corrected chi connectivity index (χ2v) is 13.9. The van der Waals surface area contributed by atoms with Crippen molar-refractivity contribution >= 4 is 19.8 Å². The number of ether oxygens (including phenoxy) is 1. The van der Waals surface area contributed by atoms with Crippen LogP contribution in [-0.4, -0.2) is 38.1 Å². The lowest BCUT2D eigenvalue weighted by Crippen LogP contribution is -2.29. The maximum absolute atomic E-state index is 12.5. The molecule has 5 heteroatoms. The number of ketones is 1. The van der Waals surface area contributed by atoms with Crippen LogP contribution >= 0.6 is 0 Å². The van der Waals surface area contributed by atoms with Crippen molar-refractivity contribution in [2.75, 3.05) is 13.2 Å². The zero-order valence-electron chi connectivity index (χ0n) is 15.7. The number of hydrogen-bond donors (Lipinski definition) is 1. The molecule has 0 bridgehead atoms. The van der Waals surface area contributed by atoms with Crippen LogP contribution in [0.3, 0.4) is 0 Å². The third-order valence-electron chi connectivity index (χ3n) is 4.36. The molecule has 0 aromatic rings. The average molecular weight is 341 g/mol. The number of carbonyl (C=O) groups is 2. The Hall–Kier alpha value is -0.943. The second kappa shape index (κ2) is 7.30. The Labute approximate surface area is 141 Å². The van der Waals surface area contributed by atoms with E-state index in [1.807, 2.05) is 27.7 Å². The molecule has 0 aliphatic heterocycles. The van der Waals surface area contributed by atoms with Crippen molar-refractivity contribution in [2.24, 2.45) is 17.3 Å². The molecule has 1 rings (SSSR count). The maximum Gasteiger partial charge on any atom is 0.309 e. The fourth-order valence-corrected chi connectivity index (χ4v) is 4.75. The van der Waals surface area contributed by atoms with Gasteiger partial charge in [0, 0.05) is 11.3 Å². The molecule has 1 N–H and O–H groups in total. The van der Waals surface area contributed by atoms with Gasteiger partial charge in [-0.15, -0.1) is 0 Å². The summed E-state index contributed by atoms with van der Waals surface area (Å²) in [5, 5.41) is 10.5. The van der Waals surface area contributed by atoms with Gasteiger partial charge >= 0.3 is 5.97 Å². The van der Waals surface area contributed by atoms with Crippen molar-refractivity contribution in [3.63, 3.8) is 0 Å². The molecule has 0 saturated carbocycles. The largest absolute Gasteiger partial charge is 0.465 e. The minimum Gasteiger partial charge on any atom is -0.465 e. The Morgan fingerprint density at radius 1 is 1.26 bits per heavy atom. The molecule has 23 heavy (non-hydrogen) atoms. The number of Topliss-reactive ketones (excluding diaryl/α,β-unsaturated/α-hetero) is 1. The Kier molecular flexibility index (Phi) is 6.38. The monoisotopic (exact) mass is 340 g/mol. The molecule has 0 aromatic carbocycles. The molecule has 1 atom stereocenters. The van der Waals surface area contributed by atoms with Gasteiger partial charge in [0.1, 0.15) is 0 Å². The van der Waals surface area contributed by atoms with Gasteiger partial charge in [0.25, 0.3) is 0 Å². The van der Waals surface area contributed by atoms with Crippen molar-refractivity contribution in [3.05, 3.63) is 10.8 Å². The lowest BCUT2D eigenvalue weighted by Gasteiger charge is -2.23. The SMILES string of the molecule is CC(C)C(=O)C1=C([Si](C)(C)C)CC(C(=O)OCC(C)(C)CO)C1. The second-order valence-electron chi connectivity index (χ2n) is 8.76. The normalized spacial score (nSPS) is 19.4. The lowest BCUT2D eigenvalue weighted by molar-refractivity contribution is -0.152. The highest BCUT2D eigenvalue weighted by atomic mass is 28.3. The van der Waals surface area contributed by atoms with Gasteiger partial charge in [0.05, 0.1) is 27.2 Å². The molecule has 0 aromatic heterocycles. The summed E-state index contributed by atoms with van der Waals surface area (Å²) in [6.45, 7) is 14.4. The Balaban J connectivity index is 2.85. The predicted octanol–water partition coefficient (Wildman–Crippen LogP) is 3.36. The standard InChI is InChI=1S/C18H32O4Si/c1-12(2)16(20)14-8-13(9-15(14)23(5,6)7)17(21)22-11-18(3,4)10-19/h12-13,19H,8-11H2,1-7H3. The molecular weight excluding hydrogens is 308 g/mol. The number of aliphatic hydroxyl groups excluding tert-OH is 1. The van der Waals surface area contributed by atoms with E-state index in [0.29, 0.717) is 12.8 Å². The summed E-state index contributed by atoms with van der Waals surface area (Å²) in [6, 6.07) is 0. The van der Waals surface area contributed by atoms with Crippen molar-refractivity contribution in [1.82, 2.24) is 0 Å². The fraction of sp³-hybridized carbons (Fsp3) is 0.778. The van der Waals surface area contributed by atoms with Crippen LogP contribution in [0.5, 0.6) is 0 Å². The molecule has 1 unspecified atom stereocenters. The predicted molar refractivity (Wildman–Crippen MR) is 94.8 cm³/mol. The Morgan fingerprint density at radius 3 is 2.26 bits per heavy atom. The first-order valence-corrected chi connectivity index (χ1v) is 11.9. The molecule has 0 spiro atoms. The summed E-state index contributed by atoms with van der Waals surface area (Å²) in [4.78, 5) is 24.9. The van der Waals surface area contributed by atoms with E-state index in [-0.39, 0.29) is 36.8 Å².